The third-order valence-corrected chi connectivity index (χ3v) is 1.31. The SMILES string of the molecule is [2H]OC(=O)CC[C@H](NC#CC)C(=O)O. The Hall–Kier alpha value is -1.70. The van der Waals surface area contributed by atoms with E-state index in [2.05, 4.69) is 22.4 Å². The monoisotopic (exact) mass is 186 g/mol. The molecule has 0 aliphatic rings. The summed E-state index contributed by atoms with van der Waals surface area (Å²) < 4.78 is 6.25. The number of carbonyl (C=O) groups is 2. The molecule has 0 amide bonds. The van der Waals surface area contributed by atoms with Crippen molar-refractivity contribution in [2.75, 3.05) is 0 Å². The van der Waals surface area contributed by atoms with Crippen LogP contribution in [0.2, 0.25) is 0 Å². The molecule has 5 nitrogen and oxygen atoms in total. The Morgan fingerprint density at radius 2 is 2.38 bits per heavy atom. The zero-order valence-corrected chi connectivity index (χ0v) is 7.16. The van der Waals surface area contributed by atoms with Crippen LogP contribution in [0.1, 0.15) is 19.8 Å². The van der Waals surface area contributed by atoms with Crippen LogP contribution in [-0.2, 0) is 9.59 Å². The maximum Gasteiger partial charge on any atom is 0.326 e. The molecule has 0 radical (unpaired) electrons. The number of nitrogens with one attached hydrogen (secondary N) is 1. The van der Waals surface area contributed by atoms with Crippen molar-refractivity contribution in [1.82, 2.24) is 5.32 Å². The number of aliphatic carboxylic acids is 2. The first-order valence-electron chi connectivity index (χ1n) is 4.08. The van der Waals surface area contributed by atoms with E-state index in [9.17, 15) is 9.59 Å². The average Bonchev–Trinajstić information content (AvgIpc) is 2.16. The summed E-state index contributed by atoms with van der Waals surface area (Å²) in [6.07, 6.45) is -0.0828. The van der Waals surface area contributed by atoms with Crippen LogP contribution in [0.5, 0.6) is 0 Å². The first-order chi connectivity index (χ1) is 6.61. The molecule has 0 aromatic heterocycles. The third-order valence-electron chi connectivity index (χ3n) is 1.31. The van der Waals surface area contributed by atoms with Crippen LogP contribution in [0.15, 0.2) is 0 Å². The van der Waals surface area contributed by atoms with E-state index in [1.54, 1.807) is 6.92 Å². The van der Waals surface area contributed by atoms with Crippen molar-refractivity contribution in [3.05, 3.63) is 0 Å². The molecule has 0 bridgehead atoms. The molecule has 0 heterocycles. The molecular weight excluding hydrogens is 174 g/mol. The fourth-order valence-corrected chi connectivity index (χ4v) is 0.679. The third kappa shape index (κ3) is 5.56. The Kier molecular flexibility index (Phi) is 4.25. The van der Waals surface area contributed by atoms with Crippen LogP contribution >= 0.6 is 0 Å². The van der Waals surface area contributed by atoms with E-state index >= 15 is 0 Å². The van der Waals surface area contributed by atoms with E-state index in [1.165, 1.54) is 0 Å². The molecule has 0 aliphatic heterocycles. The molecule has 13 heavy (non-hydrogen) atoms. The van der Waals surface area contributed by atoms with Crippen LogP contribution in [0.25, 0.3) is 1.43 Å². The smallest absolute Gasteiger partial charge is 0.326 e. The Morgan fingerprint density at radius 1 is 1.69 bits per heavy atom. The summed E-state index contributed by atoms with van der Waals surface area (Å²) in [6, 6.07) is 1.48. The zero-order valence-electron chi connectivity index (χ0n) is 8.16. The Balaban J connectivity index is 4.01. The summed E-state index contributed by atoms with van der Waals surface area (Å²) in [7, 11) is 0. The van der Waals surface area contributed by atoms with Gasteiger partial charge in [-0.1, -0.05) is 5.92 Å². The minimum atomic E-state index is -1.09. The second-order valence-electron chi connectivity index (χ2n) is 2.32. The van der Waals surface area contributed by atoms with Gasteiger partial charge in [-0.3, -0.25) is 4.79 Å². The van der Waals surface area contributed by atoms with Gasteiger partial charge in [0.05, 0.1) is 0 Å². The number of carboxylic acid groups (broad SMARTS) is 2. The van der Waals surface area contributed by atoms with Crippen LogP contribution < -0.4 is 5.32 Å². The predicted molar refractivity (Wildman–Crippen MR) is 44.9 cm³/mol. The molecule has 0 fully saturated rings. The van der Waals surface area contributed by atoms with Crippen molar-refractivity contribution in [2.45, 2.75) is 25.8 Å². The predicted octanol–water partition coefficient (Wildman–Crippen LogP) is -0.125. The van der Waals surface area contributed by atoms with Gasteiger partial charge >= 0.3 is 11.9 Å². The molecule has 5 heteroatoms. The summed E-state index contributed by atoms with van der Waals surface area (Å²) in [4.78, 5) is 21.1. The van der Waals surface area contributed by atoms with E-state index in [0.717, 1.165) is 0 Å². The number of rotatable bonds is 5. The van der Waals surface area contributed by atoms with Crippen molar-refractivity contribution >= 4 is 11.9 Å². The summed E-state index contributed by atoms with van der Waals surface area (Å²) in [5.74, 6) is 0.623. The van der Waals surface area contributed by atoms with E-state index in [0.29, 0.717) is 0 Å². The molecule has 0 rings (SSSR count). The fraction of sp³-hybridized carbons (Fsp3) is 0.500. The van der Waals surface area contributed by atoms with Crippen molar-refractivity contribution in [2.24, 2.45) is 0 Å². The largest absolute Gasteiger partial charge is 0.481 e. The minimum Gasteiger partial charge on any atom is -0.481 e. The van der Waals surface area contributed by atoms with Gasteiger partial charge in [-0.25, -0.2) is 4.79 Å². The van der Waals surface area contributed by atoms with Crippen LogP contribution in [0.4, 0.5) is 0 Å². The van der Waals surface area contributed by atoms with Crippen LogP contribution in [0.3, 0.4) is 0 Å². The number of hydrogen-bond acceptors (Lipinski definition) is 4. The lowest BCUT2D eigenvalue weighted by atomic mass is 10.1. The topological polar surface area (TPSA) is 86.6 Å². The molecule has 0 unspecified atom stereocenters. The molecule has 1 atom stereocenters. The van der Waals surface area contributed by atoms with Gasteiger partial charge in [0.2, 0.25) is 0 Å². The average molecular weight is 186 g/mol. The van der Waals surface area contributed by atoms with Gasteiger partial charge in [0.15, 0.2) is 0 Å². The van der Waals surface area contributed by atoms with Gasteiger partial charge in [0, 0.05) is 12.5 Å². The lowest BCUT2D eigenvalue weighted by Crippen LogP contribution is -2.33. The second-order valence-corrected chi connectivity index (χ2v) is 2.32. The highest BCUT2D eigenvalue weighted by molar-refractivity contribution is 5.75. The standard InChI is InChI=1S/C8H11NO4/c1-2-5-9-6(8(12)13)3-4-7(10)11/h6,9H,3-4H2,1H3,(H,10,11)(H,12,13)/t6-/m0/s1/i/hD. The molecule has 0 saturated heterocycles. The van der Waals surface area contributed by atoms with Gasteiger partial charge in [0.25, 0.3) is 1.43 Å². The lowest BCUT2D eigenvalue weighted by molar-refractivity contribution is -0.140. The summed E-state index contributed by atoms with van der Waals surface area (Å²) in [5.41, 5.74) is 0. The van der Waals surface area contributed by atoms with E-state index < -0.39 is 18.0 Å². The maximum atomic E-state index is 10.6. The molecule has 0 saturated carbocycles. The highest BCUT2D eigenvalue weighted by atomic mass is 16.4. The summed E-state index contributed by atoms with van der Waals surface area (Å²) in [5, 5.41) is 14.7. The minimum absolute atomic E-state index is 0.0434. The Bertz CT molecular complexity index is 268. The molecule has 72 valence electrons. The number of hydrogen-bond donors (Lipinski definition) is 3. The molecule has 0 aliphatic carbocycles. The van der Waals surface area contributed by atoms with Gasteiger partial charge in [0.1, 0.15) is 6.04 Å². The summed E-state index contributed by atoms with van der Waals surface area (Å²) in [6.45, 7) is 1.56. The van der Waals surface area contributed by atoms with Crippen molar-refractivity contribution in [3.63, 3.8) is 0 Å². The maximum absolute atomic E-state index is 10.6. The number of carboxylic acids is 2. The first kappa shape index (κ1) is 9.39. The first-order valence-corrected chi connectivity index (χ1v) is 3.68. The fourth-order valence-electron chi connectivity index (χ4n) is 0.679. The van der Waals surface area contributed by atoms with Crippen LogP contribution in [-0.4, -0.2) is 28.2 Å². The quantitative estimate of drug-likeness (QED) is 0.411. The molecule has 0 aromatic rings. The van der Waals surface area contributed by atoms with Gasteiger partial charge < -0.3 is 15.5 Å². The molecule has 0 aromatic carbocycles. The Labute approximate surface area is 77.2 Å². The highest BCUT2D eigenvalue weighted by Crippen LogP contribution is 1.96. The normalized spacial score (nSPS) is 11.6. The van der Waals surface area contributed by atoms with Gasteiger partial charge in [-0.2, -0.15) is 0 Å². The van der Waals surface area contributed by atoms with E-state index in [4.69, 9.17) is 6.54 Å². The molecular formula is C8H11NO4. The summed E-state index contributed by atoms with van der Waals surface area (Å²) >= 11 is 0. The van der Waals surface area contributed by atoms with E-state index in [-0.39, 0.29) is 12.8 Å². The lowest BCUT2D eigenvalue weighted by Gasteiger charge is -2.08. The van der Waals surface area contributed by atoms with Crippen LogP contribution in [0, 0.1) is 12.0 Å². The van der Waals surface area contributed by atoms with Gasteiger partial charge in [-0.15, -0.1) is 0 Å². The highest BCUT2D eigenvalue weighted by Gasteiger charge is 2.16. The second kappa shape index (κ2) is 5.89. The molecule has 3 N–H and O–H groups in total. The Morgan fingerprint density at radius 3 is 2.85 bits per heavy atom. The van der Waals surface area contributed by atoms with Crippen molar-refractivity contribution in [3.8, 4) is 12.0 Å². The zero-order chi connectivity index (χ0) is 11.0. The van der Waals surface area contributed by atoms with Crippen molar-refractivity contribution < 1.29 is 19.8 Å². The van der Waals surface area contributed by atoms with E-state index in [1.807, 2.05) is 0 Å². The van der Waals surface area contributed by atoms with Crippen molar-refractivity contribution in [1.29, 1.82) is 1.43 Å². The van der Waals surface area contributed by atoms with Gasteiger partial charge in [-0.05, 0) is 13.3 Å². The molecule has 0 spiro atoms.